The molecule has 1 amide bonds. The fraction of sp³-hybridized carbons (Fsp3) is 0.333. The highest BCUT2D eigenvalue weighted by atomic mass is 32.1. The molecule has 1 aliphatic rings. The lowest BCUT2D eigenvalue weighted by Gasteiger charge is -2.28. The van der Waals surface area contributed by atoms with Crippen LogP contribution >= 0.6 is 12.2 Å². The Balaban J connectivity index is 1.72. The fourth-order valence-corrected chi connectivity index (χ4v) is 1.80. The Hall–Kier alpha value is -1.70. The second-order valence-electron chi connectivity index (χ2n) is 3.99. The molecule has 6 nitrogen and oxygen atoms in total. The second-order valence-corrected chi connectivity index (χ2v) is 4.39. The topological polar surface area (TPSA) is 65.6 Å². The van der Waals surface area contributed by atoms with E-state index in [0.29, 0.717) is 23.9 Å². The fourth-order valence-electron chi connectivity index (χ4n) is 1.62. The lowest BCUT2D eigenvalue weighted by molar-refractivity contribution is 0.0245. The Morgan fingerprint density at radius 1 is 1.16 bits per heavy atom. The van der Waals surface area contributed by atoms with Crippen molar-refractivity contribution < 1.29 is 9.53 Å². The minimum absolute atomic E-state index is 0.230. The van der Waals surface area contributed by atoms with Crippen LogP contribution in [0.2, 0.25) is 0 Å². The van der Waals surface area contributed by atoms with E-state index in [-0.39, 0.29) is 5.91 Å². The number of hydrogen-bond acceptors (Lipinski definition) is 4. The number of carbonyl (C=O) groups is 1. The standard InChI is InChI=1S/C12H16N4O2S/c17-11(10-4-2-1-3-5-10)13-14-12(19)15-16-6-8-18-9-7-16/h1-5H,6-9H2,(H,13,17)(H2,14,15,19). The summed E-state index contributed by atoms with van der Waals surface area (Å²) in [6.45, 7) is 2.86. The number of thiocarbonyl (C=S) groups is 1. The molecule has 1 aromatic rings. The molecule has 1 heterocycles. The highest BCUT2D eigenvalue weighted by Crippen LogP contribution is 1.96. The zero-order valence-corrected chi connectivity index (χ0v) is 11.2. The quantitative estimate of drug-likeness (QED) is 0.525. The molecular weight excluding hydrogens is 264 g/mol. The Morgan fingerprint density at radius 3 is 2.53 bits per heavy atom. The van der Waals surface area contributed by atoms with Crippen LogP contribution in [0.15, 0.2) is 30.3 Å². The van der Waals surface area contributed by atoms with Crippen molar-refractivity contribution >= 4 is 23.2 Å². The van der Waals surface area contributed by atoms with Crippen molar-refractivity contribution in [1.82, 2.24) is 21.3 Å². The minimum atomic E-state index is -0.230. The number of hydrazine groups is 2. The lowest BCUT2D eigenvalue weighted by Crippen LogP contribution is -2.55. The van der Waals surface area contributed by atoms with Gasteiger partial charge in [-0.25, -0.2) is 5.01 Å². The Kier molecular flexibility index (Phi) is 5.08. The predicted octanol–water partition coefficient (Wildman–Crippen LogP) is 0.0427. The second kappa shape index (κ2) is 7.03. The number of morpholine rings is 1. The third-order valence-electron chi connectivity index (χ3n) is 2.60. The summed E-state index contributed by atoms with van der Waals surface area (Å²) in [5, 5.41) is 2.29. The molecule has 0 atom stereocenters. The third-order valence-corrected chi connectivity index (χ3v) is 2.79. The van der Waals surface area contributed by atoms with Crippen molar-refractivity contribution in [2.75, 3.05) is 26.3 Å². The van der Waals surface area contributed by atoms with Crippen LogP contribution in [0.4, 0.5) is 0 Å². The molecule has 7 heteroatoms. The number of carbonyl (C=O) groups excluding carboxylic acids is 1. The summed E-state index contributed by atoms with van der Waals surface area (Å²) in [6.07, 6.45) is 0. The number of rotatable bonds is 2. The van der Waals surface area contributed by atoms with Crippen LogP contribution in [0, 0.1) is 0 Å². The van der Waals surface area contributed by atoms with Crippen LogP contribution in [-0.4, -0.2) is 42.3 Å². The molecule has 0 unspecified atom stereocenters. The van der Waals surface area contributed by atoms with Crippen molar-refractivity contribution in [3.63, 3.8) is 0 Å². The zero-order valence-electron chi connectivity index (χ0n) is 10.4. The van der Waals surface area contributed by atoms with Crippen LogP contribution in [0.5, 0.6) is 0 Å². The van der Waals surface area contributed by atoms with Gasteiger partial charge in [0.2, 0.25) is 0 Å². The maximum Gasteiger partial charge on any atom is 0.269 e. The van der Waals surface area contributed by atoms with Crippen LogP contribution in [0.25, 0.3) is 0 Å². The van der Waals surface area contributed by atoms with E-state index >= 15 is 0 Å². The number of nitrogens with one attached hydrogen (secondary N) is 3. The number of ether oxygens (including phenoxy) is 1. The first kappa shape index (κ1) is 13.7. The maximum atomic E-state index is 11.7. The van der Waals surface area contributed by atoms with E-state index in [0.717, 1.165) is 13.1 Å². The van der Waals surface area contributed by atoms with E-state index in [1.807, 2.05) is 11.1 Å². The molecule has 1 fully saturated rings. The van der Waals surface area contributed by atoms with Gasteiger partial charge in [0.25, 0.3) is 5.91 Å². The van der Waals surface area contributed by atoms with Gasteiger partial charge in [0.15, 0.2) is 5.11 Å². The first-order valence-electron chi connectivity index (χ1n) is 6.00. The molecule has 1 aromatic carbocycles. The van der Waals surface area contributed by atoms with Crippen molar-refractivity contribution in [3.05, 3.63) is 35.9 Å². The Morgan fingerprint density at radius 2 is 1.84 bits per heavy atom. The zero-order chi connectivity index (χ0) is 13.5. The summed E-state index contributed by atoms with van der Waals surface area (Å²) >= 11 is 5.08. The SMILES string of the molecule is O=C(NNC(=S)NN1CCOCC1)c1ccccc1. The number of hydrogen-bond donors (Lipinski definition) is 3. The van der Waals surface area contributed by atoms with Crippen molar-refractivity contribution in [3.8, 4) is 0 Å². The number of nitrogens with zero attached hydrogens (tertiary/aromatic N) is 1. The molecule has 0 bridgehead atoms. The van der Waals surface area contributed by atoms with Gasteiger partial charge < -0.3 is 4.74 Å². The summed E-state index contributed by atoms with van der Waals surface area (Å²) in [7, 11) is 0. The van der Waals surface area contributed by atoms with Crippen molar-refractivity contribution in [2.24, 2.45) is 0 Å². The highest BCUT2D eigenvalue weighted by molar-refractivity contribution is 7.80. The van der Waals surface area contributed by atoms with Gasteiger partial charge in [0.1, 0.15) is 0 Å². The molecule has 0 aromatic heterocycles. The van der Waals surface area contributed by atoms with E-state index in [9.17, 15) is 4.79 Å². The van der Waals surface area contributed by atoms with E-state index < -0.39 is 0 Å². The van der Waals surface area contributed by atoms with E-state index in [4.69, 9.17) is 17.0 Å². The summed E-state index contributed by atoms with van der Waals surface area (Å²) in [4.78, 5) is 11.7. The molecule has 3 N–H and O–H groups in total. The van der Waals surface area contributed by atoms with Crippen molar-refractivity contribution in [1.29, 1.82) is 0 Å². The predicted molar refractivity (Wildman–Crippen MR) is 75.2 cm³/mol. The summed E-state index contributed by atoms with van der Waals surface area (Å²) in [5.41, 5.74) is 8.76. The highest BCUT2D eigenvalue weighted by Gasteiger charge is 2.11. The van der Waals surface area contributed by atoms with Crippen LogP contribution in [0.3, 0.4) is 0 Å². The van der Waals surface area contributed by atoms with E-state index in [1.54, 1.807) is 24.3 Å². The number of benzene rings is 1. The van der Waals surface area contributed by atoms with Gasteiger partial charge >= 0.3 is 0 Å². The Bertz CT molecular complexity index is 435. The minimum Gasteiger partial charge on any atom is -0.379 e. The molecule has 0 spiro atoms. The third kappa shape index (κ3) is 4.47. The van der Waals surface area contributed by atoms with Gasteiger partial charge in [-0.05, 0) is 24.4 Å². The molecule has 0 radical (unpaired) electrons. The summed E-state index contributed by atoms with van der Waals surface area (Å²) in [6, 6.07) is 8.93. The largest absolute Gasteiger partial charge is 0.379 e. The normalized spacial score (nSPS) is 15.6. The van der Waals surface area contributed by atoms with Gasteiger partial charge in [-0.15, -0.1) is 0 Å². The van der Waals surface area contributed by atoms with E-state index in [2.05, 4.69) is 16.3 Å². The molecule has 0 aliphatic carbocycles. The van der Waals surface area contributed by atoms with Gasteiger partial charge in [0.05, 0.1) is 13.2 Å². The molecule has 0 saturated carbocycles. The first-order chi connectivity index (χ1) is 9.25. The molecule has 1 saturated heterocycles. The smallest absolute Gasteiger partial charge is 0.269 e. The number of amides is 1. The van der Waals surface area contributed by atoms with Crippen LogP contribution in [-0.2, 0) is 4.74 Å². The molecule has 2 rings (SSSR count). The van der Waals surface area contributed by atoms with Crippen LogP contribution < -0.4 is 16.3 Å². The monoisotopic (exact) mass is 280 g/mol. The maximum absolute atomic E-state index is 11.7. The molecule has 1 aliphatic heterocycles. The summed E-state index contributed by atoms with van der Waals surface area (Å²) < 4.78 is 5.22. The van der Waals surface area contributed by atoms with Gasteiger partial charge in [0, 0.05) is 18.7 Å². The van der Waals surface area contributed by atoms with Gasteiger partial charge in [-0.1, -0.05) is 18.2 Å². The molecule has 102 valence electrons. The molecule has 19 heavy (non-hydrogen) atoms. The van der Waals surface area contributed by atoms with E-state index in [1.165, 1.54) is 0 Å². The molecular formula is C12H16N4O2S. The lowest BCUT2D eigenvalue weighted by atomic mass is 10.2. The summed E-state index contributed by atoms with van der Waals surface area (Å²) in [5.74, 6) is -0.230. The Labute approximate surface area is 117 Å². The average Bonchev–Trinajstić information content (AvgIpc) is 2.47. The van der Waals surface area contributed by atoms with Gasteiger partial charge in [-0.2, -0.15) is 0 Å². The van der Waals surface area contributed by atoms with Crippen LogP contribution in [0.1, 0.15) is 10.4 Å². The van der Waals surface area contributed by atoms with Gasteiger partial charge in [-0.3, -0.25) is 21.1 Å². The average molecular weight is 280 g/mol. The first-order valence-corrected chi connectivity index (χ1v) is 6.41. The van der Waals surface area contributed by atoms with Crippen molar-refractivity contribution in [2.45, 2.75) is 0 Å².